The molecule has 20 heavy (non-hydrogen) atoms. The summed E-state index contributed by atoms with van der Waals surface area (Å²) in [6.07, 6.45) is 10.2. The van der Waals surface area contributed by atoms with Crippen molar-refractivity contribution in [2.24, 2.45) is 5.92 Å². The molecule has 1 aromatic heterocycles. The summed E-state index contributed by atoms with van der Waals surface area (Å²) < 4.78 is 0. The Morgan fingerprint density at radius 2 is 2.25 bits per heavy atom. The highest BCUT2D eigenvalue weighted by Crippen LogP contribution is 2.31. The molecule has 1 aromatic rings. The van der Waals surface area contributed by atoms with Gasteiger partial charge in [-0.2, -0.15) is 0 Å². The third kappa shape index (κ3) is 3.41. The molecule has 0 radical (unpaired) electrons. The van der Waals surface area contributed by atoms with Crippen LogP contribution in [0.5, 0.6) is 0 Å². The third-order valence-corrected chi connectivity index (χ3v) is 6.00. The summed E-state index contributed by atoms with van der Waals surface area (Å²) in [6, 6.07) is 1.48. The molecule has 4 unspecified atom stereocenters. The van der Waals surface area contributed by atoms with Crippen molar-refractivity contribution in [1.82, 2.24) is 15.6 Å². The molecule has 2 fully saturated rings. The first kappa shape index (κ1) is 14.5. The van der Waals surface area contributed by atoms with E-state index in [1.807, 2.05) is 6.20 Å². The topological polar surface area (TPSA) is 37.0 Å². The quantitative estimate of drug-likeness (QED) is 0.875. The SMILES string of the molecule is CC(CNC1CCCCC1C1CCCN1)c1nccs1. The second-order valence-electron chi connectivity index (χ2n) is 6.44. The standard InChI is InChI=1S/C16H27N3S/c1-12(16-18-9-10-20-16)11-19-15-6-3-2-5-13(15)14-7-4-8-17-14/h9-10,12-15,17,19H,2-8,11H2,1H3. The van der Waals surface area contributed by atoms with E-state index in [1.165, 1.54) is 50.1 Å². The molecule has 0 aromatic carbocycles. The van der Waals surface area contributed by atoms with E-state index in [0.29, 0.717) is 12.0 Å². The lowest BCUT2D eigenvalue weighted by molar-refractivity contribution is 0.213. The van der Waals surface area contributed by atoms with Crippen molar-refractivity contribution in [1.29, 1.82) is 0 Å². The van der Waals surface area contributed by atoms with Gasteiger partial charge in [0.15, 0.2) is 0 Å². The maximum atomic E-state index is 4.44. The molecule has 3 nitrogen and oxygen atoms in total. The van der Waals surface area contributed by atoms with Crippen LogP contribution in [0.4, 0.5) is 0 Å². The Labute approximate surface area is 126 Å². The molecule has 0 bridgehead atoms. The third-order valence-electron chi connectivity index (χ3n) is 4.99. The molecule has 112 valence electrons. The molecular formula is C16H27N3S. The van der Waals surface area contributed by atoms with Crippen molar-refractivity contribution in [3.63, 3.8) is 0 Å². The second kappa shape index (κ2) is 7.01. The smallest absolute Gasteiger partial charge is 0.0965 e. The minimum Gasteiger partial charge on any atom is -0.314 e. The summed E-state index contributed by atoms with van der Waals surface area (Å²) in [5, 5.41) is 10.9. The highest BCUT2D eigenvalue weighted by Gasteiger charge is 2.33. The Bertz CT molecular complexity index is 386. The fraction of sp³-hybridized carbons (Fsp3) is 0.812. The minimum atomic E-state index is 0.536. The van der Waals surface area contributed by atoms with Crippen molar-refractivity contribution in [3.05, 3.63) is 16.6 Å². The summed E-state index contributed by atoms with van der Waals surface area (Å²) in [5.41, 5.74) is 0. The van der Waals surface area contributed by atoms with Gasteiger partial charge in [0.2, 0.25) is 0 Å². The molecule has 0 spiro atoms. The van der Waals surface area contributed by atoms with Crippen LogP contribution in [-0.2, 0) is 0 Å². The number of nitrogens with one attached hydrogen (secondary N) is 2. The van der Waals surface area contributed by atoms with Gasteiger partial charge in [-0.1, -0.05) is 19.8 Å². The summed E-state index contributed by atoms with van der Waals surface area (Å²) in [5.74, 6) is 1.38. The van der Waals surface area contributed by atoms with Gasteiger partial charge in [-0.3, -0.25) is 0 Å². The summed E-state index contributed by atoms with van der Waals surface area (Å²) in [6.45, 7) is 4.59. The summed E-state index contributed by atoms with van der Waals surface area (Å²) in [7, 11) is 0. The van der Waals surface area contributed by atoms with Gasteiger partial charge in [0.1, 0.15) is 0 Å². The van der Waals surface area contributed by atoms with Crippen molar-refractivity contribution >= 4 is 11.3 Å². The number of rotatable bonds is 5. The van der Waals surface area contributed by atoms with E-state index >= 15 is 0 Å². The van der Waals surface area contributed by atoms with Crippen LogP contribution < -0.4 is 10.6 Å². The lowest BCUT2D eigenvalue weighted by Crippen LogP contribution is -2.47. The average molecular weight is 293 g/mol. The van der Waals surface area contributed by atoms with E-state index < -0.39 is 0 Å². The largest absolute Gasteiger partial charge is 0.314 e. The molecule has 1 saturated carbocycles. The molecule has 2 heterocycles. The molecule has 1 aliphatic heterocycles. The van der Waals surface area contributed by atoms with E-state index in [1.54, 1.807) is 11.3 Å². The molecular weight excluding hydrogens is 266 g/mol. The van der Waals surface area contributed by atoms with Crippen molar-refractivity contribution < 1.29 is 0 Å². The fourth-order valence-corrected chi connectivity index (χ4v) is 4.56. The molecule has 3 rings (SSSR count). The van der Waals surface area contributed by atoms with Gasteiger partial charge in [-0.05, 0) is 38.1 Å². The number of aromatic nitrogens is 1. The maximum absolute atomic E-state index is 4.44. The molecule has 2 N–H and O–H groups in total. The van der Waals surface area contributed by atoms with Gasteiger partial charge in [0.25, 0.3) is 0 Å². The van der Waals surface area contributed by atoms with Gasteiger partial charge in [-0.25, -0.2) is 4.98 Å². The Morgan fingerprint density at radius 3 is 3.00 bits per heavy atom. The van der Waals surface area contributed by atoms with Gasteiger partial charge < -0.3 is 10.6 Å². The van der Waals surface area contributed by atoms with E-state index in [2.05, 4.69) is 27.9 Å². The Kier molecular flexibility index (Phi) is 5.08. The first-order valence-corrected chi connectivity index (χ1v) is 9.08. The zero-order valence-corrected chi connectivity index (χ0v) is 13.3. The molecule has 4 heteroatoms. The molecule has 4 atom stereocenters. The minimum absolute atomic E-state index is 0.536. The zero-order valence-electron chi connectivity index (χ0n) is 12.5. The first-order valence-electron chi connectivity index (χ1n) is 8.21. The van der Waals surface area contributed by atoms with Crippen LogP contribution in [0.3, 0.4) is 0 Å². The fourth-order valence-electron chi connectivity index (χ4n) is 3.86. The van der Waals surface area contributed by atoms with E-state index in [0.717, 1.165) is 18.5 Å². The number of nitrogens with zero attached hydrogens (tertiary/aromatic N) is 1. The van der Waals surface area contributed by atoms with Crippen LogP contribution >= 0.6 is 11.3 Å². The molecule has 0 amide bonds. The zero-order chi connectivity index (χ0) is 13.8. The summed E-state index contributed by atoms with van der Waals surface area (Å²) in [4.78, 5) is 4.44. The Hall–Kier alpha value is -0.450. The summed E-state index contributed by atoms with van der Waals surface area (Å²) >= 11 is 1.78. The van der Waals surface area contributed by atoms with Crippen molar-refractivity contribution in [3.8, 4) is 0 Å². The van der Waals surface area contributed by atoms with Crippen LogP contribution in [0, 0.1) is 5.92 Å². The highest BCUT2D eigenvalue weighted by molar-refractivity contribution is 7.09. The number of hydrogen-bond donors (Lipinski definition) is 2. The highest BCUT2D eigenvalue weighted by atomic mass is 32.1. The van der Waals surface area contributed by atoms with Crippen LogP contribution in [0.15, 0.2) is 11.6 Å². The van der Waals surface area contributed by atoms with Gasteiger partial charge >= 0.3 is 0 Å². The Morgan fingerprint density at radius 1 is 1.35 bits per heavy atom. The van der Waals surface area contributed by atoms with Gasteiger partial charge in [-0.15, -0.1) is 11.3 Å². The first-order chi connectivity index (χ1) is 9.84. The van der Waals surface area contributed by atoms with Gasteiger partial charge in [0.05, 0.1) is 5.01 Å². The van der Waals surface area contributed by atoms with E-state index in [9.17, 15) is 0 Å². The predicted octanol–water partition coefficient (Wildman–Crippen LogP) is 3.15. The molecule has 1 saturated heterocycles. The normalized spacial score (nSPS) is 32.4. The van der Waals surface area contributed by atoms with E-state index in [4.69, 9.17) is 0 Å². The lowest BCUT2D eigenvalue weighted by atomic mass is 9.79. The van der Waals surface area contributed by atoms with Crippen molar-refractivity contribution in [2.75, 3.05) is 13.1 Å². The van der Waals surface area contributed by atoms with Crippen LogP contribution in [-0.4, -0.2) is 30.2 Å². The van der Waals surface area contributed by atoms with Crippen LogP contribution in [0.1, 0.15) is 56.4 Å². The van der Waals surface area contributed by atoms with Crippen LogP contribution in [0.2, 0.25) is 0 Å². The number of hydrogen-bond acceptors (Lipinski definition) is 4. The average Bonchev–Trinajstić information content (AvgIpc) is 3.17. The number of thiazole rings is 1. The second-order valence-corrected chi connectivity index (χ2v) is 7.36. The molecule has 1 aliphatic carbocycles. The predicted molar refractivity (Wildman–Crippen MR) is 85.3 cm³/mol. The van der Waals surface area contributed by atoms with E-state index in [-0.39, 0.29) is 0 Å². The van der Waals surface area contributed by atoms with Crippen LogP contribution in [0.25, 0.3) is 0 Å². The molecule has 2 aliphatic rings. The van der Waals surface area contributed by atoms with Crippen molar-refractivity contribution in [2.45, 2.75) is 63.5 Å². The maximum Gasteiger partial charge on any atom is 0.0965 e. The Balaban J connectivity index is 1.54. The monoisotopic (exact) mass is 293 g/mol. The van der Waals surface area contributed by atoms with Gasteiger partial charge in [0, 0.05) is 36.1 Å². The lowest BCUT2D eigenvalue weighted by Gasteiger charge is -2.37.